The molecule has 1 aliphatic rings. The van der Waals surface area contributed by atoms with Gasteiger partial charge < -0.3 is 4.74 Å². The molecule has 7 heteroatoms. The number of nitrogens with zero attached hydrogens (tertiary/aromatic N) is 2. The maximum atomic E-state index is 13.5. The van der Waals surface area contributed by atoms with Crippen LogP contribution in [0.4, 0.5) is 0 Å². The van der Waals surface area contributed by atoms with Crippen molar-refractivity contribution in [3.8, 4) is 5.69 Å². The fourth-order valence-corrected chi connectivity index (χ4v) is 5.83. The van der Waals surface area contributed by atoms with Gasteiger partial charge in [-0.2, -0.15) is 0 Å². The summed E-state index contributed by atoms with van der Waals surface area (Å²) >= 11 is 2.88. The van der Waals surface area contributed by atoms with Crippen LogP contribution in [-0.2, 0) is 22.4 Å². The van der Waals surface area contributed by atoms with Crippen molar-refractivity contribution in [1.82, 2.24) is 9.55 Å². The SMILES string of the molecule is CCOC(=O)CSc1nc2sc3c(c2c(=O)n1-c1ccccc1)CC[C@@H](C)C3. The van der Waals surface area contributed by atoms with E-state index in [-0.39, 0.29) is 17.3 Å². The highest BCUT2D eigenvalue weighted by Crippen LogP contribution is 2.36. The number of hydrogen-bond acceptors (Lipinski definition) is 6. The summed E-state index contributed by atoms with van der Waals surface area (Å²) in [5, 5.41) is 1.28. The Morgan fingerprint density at radius 2 is 2.14 bits per heavy atom. The average Bonchev–Trinajstić information content (AvgIpc) is 3.04. The quantitative estimate of drug-likeness (QED) is 0.355. The average molecular weight is 415 g/mol. The number of aromatic nitrogens is 2. The van der Waals surface area contributed by atoms with Crippen molar-refractivity contribution >= 4 is 39.3 Å². The summed E-state index contributed by atoms with van der Waals surface area (Å²) in [6.45, 7) is 4.38. The zero-order valence-electron chi connectivity index (χ0n) is 15.9. The predicted octanol–water partition coefficient (Wildman–Crippen LogP) is 4.23. The van der Waals surface area contributed by atoms with E-state index < -0.39 is 0 Å². The van der Waals surface area contributed by atoms with Crippen molar-refractivity contribution in [2.75, 3.05) is 12.4 Å². The molecule has 1 aromatic carbocycles. The van der Waals surface area contributed by atoms with Gasteiger partial charge >= 0.3 is 5.97 Å². The maximum absolute atomic E-state index is 13.5. The Hall–Kier alpha value is -2.12. The lowest BCUT2D eigenvalue weighted by atomic mass is 9.89. The zero-order chi connectivity index (χ0) is 19.7. The number of esters is 1. The number of thioether (sulfide) groups is 1. The molecule has 0 saturated heterocycles. The second kappa shape index (κ2) is 8.09. The summed E-state index contributed by atoms with van der Waals surface area (Å²) in [5.41, 5.74) is 1.88. The van der Waals surface area contributed by atoms with Gasteiger partial charge in [0.05, 0.1) is 23.4 Å². The summed E-state index contributed by atoms with van der Waals surface area (Å²) in [5.74, 6) is 0.455. The molecule has 0 aliphatic heterocycles. The van der Waals surface area contributed by atoms with Crippen molar-refractivity contribution in [1.29, 1.82) is 0 Å². The molecule has 0 fully saturated rings. The van der Waals surface area contributed by atoms with Crippen LogP contribution in [-0.4, -0.2) is 27.9 Å². The minimum atomic E-state index is -0.305. The minimum absolute atomic E-state index is 0.0467. The molecule has 0 N–H and O–H groups in total. The van der Waals surface area contributed by atoms with E-state index >= 15 is 0 Å². The highest BCUT2D eigenvalue weighted by Gasteiger charge is 2.25. The van der Waals surface area contributed by atoms with E-state index in [0.29, 0.717) is 17.7 Å². The normalized spacial score (nSPS) is 16.1. The number of benzene rings is 1. The molecular weight excluding hydrogens is 392 g/mol. The van der Waals surface area contributed by atoms with E-state index in [1.54, 1.807) is 22.8 Å². The third-order valence-corrected chi connectivity index (χ3v) is 7.00. The lowest BCUT2D eigenvalue weighted by molar-refractivity contribution is -0.139. The lowest BCUT2D eigenvalue weighted by Crippen LogP contribution is -2.23. The van der Waals surface area contributed by atoms with Crippen LogP contribution in [0.1, 0.15) is 30.7 Å². The number of para-hydroxylation sites is 1. The first kappa shape index (κ1) is 19.2. The highest BCUT2D eigenvalue weighted by atomic mass is 32.2. The monoisotopic (exact) mass is 414 g/mol. The Morgan fingerprint density at radius 3 is 2.89 bits per heavy atom. The van der Waals surface area contributed by atoms with E-state index in [0.717, 1.165) is 35.2 Å². The van der Waals surface area contributed by atoms with Crippen LogP contribution in [0.15, 0.2) is 40.3 Å². The van der Waals surface area contributed by atoms with Gasteiger partial charge in [0.15, 0.2) is 5.16 Å². The first-order chi connectivity index (χ1) is 13.6. The molecule has 0 radical (unpaired) electrons. The van der Waals surface area contributed by atoms with E-state index in [9.17, 15) is 9.59 Å². The van der Waals surface area contributed by atoms with Crippen molar-refractivity contribution < 1.29 is 9.53 Å². The van der Waals surface area contributed by atoms with Crippen LogP contribution in [0.3, 0.4) is 0 Å². The lowest BCUT2D eigenvalue weighted by Gasteiger charge is -2.17. The van der Waals surface area contributed by atoms with Gasteiger partial charge in [0.1, 0.15) is 4.83 Å². The van der Waals surface area contributed by atoms with Crippen LogP contribution in [0.2, 0.25) is 0 Å². The van der Waals surface area contributed by atoms with Crippen LogP contribution in [0, 0.1) is 5.92 Å². The van der Waals surface area contributed by atoms with Crippen LogP contribution in [0.5, 0.6) is 0 Å². The van der Waals surface area contributed by atoms with E-state index in [1.807, 2.05) is 30.3 Å². The first-order valence-electron chi connectivity index (χ1n) is 9.49. The molecule has 4 rings (SSSR count). The van der Waals surface area contributed by atoms with Gasteiger partial charge in [-0.15, -0.1) is 11.3 Å². The molecule has 1 atom stereocenters. The van der Waals surface area contributed by atoms with Gasteiger partial charge in [0.25, 0.3) is 5.56 Å². The number of carbonyl (C=O) groups is 1. The van der Waals surface area contributed by atoms with E-state index in [2.05, 4.69) is 6.92 Å². The van der Waals surface area contributed by atoms with Crippen LogP contribution >= 0.6 is 23.1 Å². The molecule has 5 nitrogen and oxygen atoms in total. The number of aryl methyl sites for hydroxylation is 1. The van der Waals surface area contributed by atoms with Crippen molar-refractivity contribution in [2.45, 2.75) is 38.3 Å². The molecule has 28 heavy (non-hydrogen) atoms. The molecule has 146 valence electrons. The number of thiophene rings is 1. The molecule has 0 spiro atoms. The molecule has 0 amide bonds. The van der Waals surface area contributed by atoms with Gasteiger partial charge in [-0.05, 0) is 49.8 Å². The highest BCUT2D eigenvalue weighted by molar-refractivity contribution is 7.99. The molecule has 0 unspecified atom stereocenters. The second-order valence-corrected chi connectivity index (χ2v) is 9.02. The van der Waals surface area contributed by atoms with E-state index in [1.165, 1.54) is 22.2 Å². The summed E-state index contributed by atoms with van der Waals surface area (Å²) in [6.07, 6.45) is 3.03. The van der Waals surface area contributed by atoms with Gasteiger partial charge in [0, 0.05) is 4.88 Å². The molecule has 1 aliphatic carbocycles. The topological polar surface area (TPSA) is 61.2 Å². The third kappa shape index (κ3) is 3.61. The number of rotatable bonds is 5. The molecule has 0 saturated carbocycles. The summed E-state index contributed by atoms with van der Waals surface area (Å²) in [4.78, 5) is 32.3. The largest absolute Gasteiger partial charge is 0.465 e. The van der Waals surface area contributed by atoms with Crippen molar-refractivity contribution in [3.05, 3.63) is 51.1 Å². The molecule has 3 aromatic rings. The standard InChI is InChI=1S/C21H22N2O3S2/c1-3-26-17(24)12-27-21-22-19-18(15-10-9-13(2)11-16(15)28-19)20(25)23(21)14-7-5-4-6-8-14/h4-8,13H,3,9-12H2,1-2H3/t13-/m1/s1. The Balaban J connectivity index is 1.86. The molecule has 2 aromatic heterocycles. The predicted molar refractivity (Wildman–Crippen MR) is 114 cm³/mol. The Morgan fingerprint density at radius 1 is 1.36 bits per heavy atom. The Bertz CT molecular complexity index is 1070. The van der Waals surface area contributed by atoms with Gasteiger partial charge in [0.2, 0.25) is 0 Å². The fourth-order valence-electron chi connectivity index (χ4n) is 3.60. The van der Waals surface area contributed by atoms with Gasteiger partial charge in [-0.1, -0.05) is 36.9 Å². The van der Waals surface area contributed by atoms with E-state index in [4.69, 9.17) is 9.72 Å². The molecule has 0 bridgehead atoms. The number of ether oxygens (including phenoxy) is 1. The molecular formula is C21H22N2O3S2. The summed E-state index contributed by atoms with van der Waals surface area (Å²) in [7, 11) is 0. The van der Waals surface area contributed by atoms with Crippen LogP contribution < -0.4 is 5.56 Å². The molecule has 2 heterocycles. The number of fused-ring (bicyclic) bond motifs is 3. The fraction of sp³-hybridized carbons (Fsp3) is 0.381. The number of carbonyl (C=O) groups excluding carboxylic acids is 1. The Labute approximate surface area is 171 Å². The van der Waals surface area contributed by atoms with Gasteiger partial charge in [-0.25, -0.2) is 4.98 Å². The second-order valence-electron chi connectivity index (χ2n) is 7.00. The first-order valence-corrected chi connectivity index (χ1v) is 11.3. The smallest absolute Gasteiger partial charge is 0.316 e. The van der Waals surface area contributed by atoms with Gasteiger partial charge in [-0.3, -0.25) is 14.2 Å². The zero-order valence-corrected chi connectivity index (χ0v) is 17.6. The maximum Gasteiger partial charge on any atom is 0.316 e. The number of hydrogen-bond donors (Lipinski definition) is 0. The van der Waals surface area contributed by atoms with Crippen LogP contribution in [0.25, 0.3) is 15.9 Å². The minimum Gasteiger partial charge on any atom is -0.465 e. The summed E-state index contributed by atoms with van der Waals surface area (Å²) < 4.78 is 6.67. The third-order valence-electron chi connectivity index (χ3n) is 4.94. The summed E-state index contributed by atoms with van der Waals surface area (Å²) in [6, 6.07) is 9.50. The van der Waals surface area contributed by atoms with Crippen molar-refractivity contribution in [3.63, 3.8) is 0 Å². The Kier molecular flexibility index (Phi) is 5.55. The van der Waals surface area contributed by atoms with Crippen molar-refractivity contribution in [2.24, 2.45) is 5.92 Å².